The van der Waals surface area contributed by atoms with E-state index in [1.54, 1.807) is 11.1 Å². The Morgan fingerprint density at radius 1 is 1.43 bits per heavy atom. The molecule has 1 unspecified atom stereocenters. The standard InChI is InChI=1S/C7H12/c1-5-4-6(2)7(5)3/h5H,4H2,1-3H3. The fourth-order valence-corrected chi connectivity index (χ4v) is 1.06. The molecule has 0 aromatic carbocycles. The van der Waals surface area contributed by atoms with E-state index in [2.05, 4.69) is 20.8 Å². The van der Waals surface area contributed by atoms with E-state index in [0.717, 1.165) is 5.92 Å². The van der Waals surface area contributed by atoms with E-state index in [4.69, 9.17) is 0 Å². The second kappa shape index (κ2) is 1.36. The average Bonchev–Trinajstić information content (AvgIpc) is 1.68. The minimum absolute atomic E-state index is 0.889. The number of hydrogen-bond donors (Lipinski definition) is 0. The van der Waals surface area contributed by atoms with Gasteiger partial charge in [0.2, 0.25) is 0 Å². The minimum Gasteiger partial charge on any atom is -0.0735 e. The lowest BCUT2D eigenvalue weighted by atomic mass is 9.81. The maximum atomic E-state index is 2.28. The molecular weight excluding hydrogens is 84.1 g/mol. The van der Waals surface area contributed by atoms with Crippen LogP contribution < -0.4 is 0 Å². The molecule has 7 heavy (non-hydrogen) atoms. The maximum absolute atomic E-state index is 2.28. The molecule has 1 rings (SSSR count). The Kier molecular flexibility index (Phi) is 0.949. The third kappa shape index (κ3) is 0.583. The number of hydrogen-bond acceptors (Lipinski definition) is 0. The van der Waals surface area contributed by atoms with Crippen molar-refractivity contribution in [3.8, 4) is 0 Å². The molecule has 0 aliphatic heterocycles. The van der Waals surface area contributed by atoms with Crippen molar-refractivity contribution in [2.45, 2.75) is 27.2 Å². The lowest BCUT2D eigenvalue weighted by Crippen LogP contribution is -2.09. The molecule has 0 saturated carbocycles. The molecule has 0 N–H and O–H groups in total. The predicted molar refractivity (Wildman–Crippen MR) is 32.2 cm³/mol. The van der Waals surface area contributed by atoms with Gasteiger partial charge in [-0.15, -0.1) is 0 Å². The smallest absolute Gasteiger partial charge is 0.0195 e. The van der Waals surface area contributed by atoms with Gasteiger partial charge in [0.25, 0.3) is 0 Å². The largest absolute Gasteiger partial charge is 0.0735 e. The molecule has 0 bridgehead atoms. The Morgan fingerprint density at radius 3 is 2.00 bits per heavy atom. The summed E-state index contributed by atoms with van der Waals surface area (Å²) in [6, 6.07) is 0. The van der Waals surface area contributed by atoms with Crippen molar-refractivity contribution in [1.29, 1.82) is 0 Å². The molecular formula is C7H12. The quantitative estimate of drug-likeness (QED) is 0.406. The Bertz CT molecular complexity index is 109. The summed E-state index contributed by atoms with van der Waals surface area (Å²) < 4.78 is 0. The van der Waals surface area contributed by atoms with Gasteiger partial charge in [-0.1, -0.05) is 18.1 Å². The van der Waals surface area contributed by atoms with Crippen LogP contribution in [0.25, 0.3) is 0 Å². The Balaban J connectivity index is 2.65. The minimum atomic E-state index is 0.889. The van der Waals surface area contributed by atoms with E-state index in [-0.39, 0.29) is 0 Å². The summed E-state index contributed by atoms with van der Waals surface area (Å²) in [5, 5.41) is 0. The zero-order valence-corrected chi connectivity index (χ0v) is 5.28. The van der Waals surface area contributed by atoms with Crippen LogP contribution in [0.15, 0.2) is 11.1 Å². The van der Waals surface area contributed by atoms with Gasteiger partial charge >= 0.3 is 0 Å². The van der Waals surface area contributed by atoms with Gasteiger partial charge < -0.3 is 0 Å². The molecule has 0 heteroatoms. The summed E-state index contributed by atoms with van der Waals surface area (Å²) in [7, 11) is 0. The van der Waals surface area contributed by atoms with Crippen LogP contribution in [0.3, 0.4) is 0 Å². The summed E-state index contributed by atoms with van der Waals surface area (Å²) in [4.78, 5) is 0. The molecule has 0 nitrogen and oxygen atoms in total. The third-order valence-corrected chi connectivity index (χ3v) is 2.02. The van der Waals surface area contributed by atoms with Crippen molar-refractivity contribution >= 4 is 0 Å². The highest BCUT2D eigenvalue weighted by atomic mass is 14.2. The second-order valence-electron chi connectivity index (χ2n) is 2.57. The zero-order chi connectivity index (χ0) is 5.44. The molecule has 0 spiro atoms. The van der Waals surface area contributed by atoms with Crippen molar-refractivity contribution in [1.82, 2.24) is 0 Å². The van der Waals surface area contributed by atoms with Crippen LogP contribution in [0.2, 0.25) is 0 Å². The van der Waals surface area contributed by atoms with Crippen molar-refractivity contribution < 1.29 is 0 Å². The SMILES string of the molecule is CC1=C(C)C(C)C1. The van der Waals surface area contributed by atoms with Crippen LogP contribution in [0, 0.1) is 5.92 Å². The summed E-state index contributed by atoms with van der Waals surface area (Å²) in [6.45, 7) is 6.72. The Morgan fingerprint density at radius 2 is 2.00 bits per heavy atom. The van der Waals surface area contributed by atoms with E-state index in [1.165, 1.54) is 6.42 Å². The molecule has 1 atom stereocenters. The highest BCUT2D eigenvalue weighted by Gasteiger charge is 2.16. The molecule has 0 fully saturated rings. The third-order valence-electron chi connectivity index (χ3n) is 2.02. The van der Waals surface area contributed by atoms with Crippen LogP contribution in [0.4, 0.5) is 0 Å². The fraction of sp³-hybridized carbons (Fsp3) is 0.714. The van der Waals surface area contributed by atoms with E-state index in [9.17, 15) is 0 Å². The molecule has 0 aromatic rings. The van der Waals surface area contributed by atoms with E-state index < -0.39 is 0 Å². The molecule has 0 heterocycles. The van der Waals surface area contributed by atoms with Gasteiger partial charge in [0.05, 0.1) is 0 Å². The number of allylic oxidation sites excluding steroid dienone is 2. The van der Waals surface area contributed by atoms with Crippen LogP contribution in [-0.4, -0.2) is 0 Å². The molecule has 0 amide bonds. The van der Waals surface area contributed by atoms with Gasteiger partial charge in [-0.3, -0.25) is 0 Å². The van der Waals surface area contributed by atoms with Crippen molar-refractivity contribution in [2.75, 3.05) is 0 Å². The first-order valence-corrected chi connectivity index (χ1v) is 2.88. The molecule has 1 aliphatic rings. The monoisotopic (exact) mass is 96.1 g/mol. The fourth-order valence-electron chi connectivity index (χ4n) is 1.06. The Hall–Kier alpha value is -0.260. The van der Waals surface area contributed by atoms with Crippen LogP contribution >= 0.6 is 0 Å². The zero-order valence-electron chi connectivity index (χ0n) is 5.28. The lowest BCUT2D eigenvalue weighted by Gasteiger charge is -2.25. The van der Waals surface area contributed by atoms with Crippen LogP contribution in [0.5, 0.6) is 0 Å². The molecule has 0 radical (unpaired) electrons. The summed E-state index contributed by atoms with van der Waals surface area (Å²) >= 11 is 0. The van der Waals surface area contributed by atoms with Gasteiger partial charge in [0.1, 0.15) is 0 Å². The van der Waals surface area contributed by atoms with E-state index in [0.29, 0.717) is 0 Å². The molecule has 0 aromatic heterocycles. The van der Waals surface area contributed by atoms with Crippen molar-refractivity contribution in [3.05, 3.63) is 11.1 Å². The van der Waals surface area contributed by atoms with Gasteiger partial charge in [0.15, 0.2) is 0 Å². The average molecular weight is 96.2 g/mol. The first-order valence-electron chi connectivity index (χ1n) is 2.88. The highest BCUT2D eigenvalue weighted by molar-refractivity contribution is 5.23. The van der Waals surface area contributed by atoms with Crippen LogP contribution in [-0.2, 0) is 0 Å². The van der Waals surface area contributed by atoms with Gasteiger partial charge in [-0.05, 0) is 26.2 Å². The second-order valence-corrected chi connectivity index (χ2v) is 2.57. The van der Waals surface area contributed by atoms with E-state index in [1.807, 2.05) is 0 Å². The molecule has 1 aliphatic carbocycles. The predicted octanol–water partition coefficient (Wildman–Crippen LogP) is 2.36. The van der Waals surface area contributed by atoms with Gasteiger partial charge in [-0.25, -0.2) is 0 Å². The van der Waals surface area contributed by atoms with Crippen LogP contribution in [0.1, 0.15) is 27.2 Å². The first kappa shape index (κ1) is 4.89. The molecule has 40 valence electrons. The maximum Gasteiger partial charge on any atom is -0.0195 e. The topological polar surface area (TPSA) is 0 Å². The summed E-state index contributed by atoms with van der Waals surface area (Å²) in [5.74, 6) is 0.889. The molecule has 0 saturated heterocycles. The van der Waals surface area contributed by atoms with Gasteiger partial charge in [-0.2, -0.15) is 0 Å². The summed E-state index contributed by atoms with van der Waals surface area (Å²) in [5.41, 5.74) is 3.22. The van der Waals surface area contributed by atoms with Crippen molar-refractivity contribution in [2.24, 2.45) is 5.92 Å². The normalized spacial score (nSPS) is 30.4. The highest BCUT2D eigenvalue weighted by Crippen LogP contribution is 2.32. The number of rotatable bonds is 0. The summed E-state index contributed by atoms with van der Waals surface area (Å²) in [6.07, 6.45) is 1.34. The van der Waals surface area contributed by atoms with Gasteiger partial charge in [0, 0.05) is 0 Å². The van der Waals surface area contributed by atoms with Crippen molar-refractivity contribution in [3.63, 3.8) is 0 Å². The Labute approximate surface area is 45.2 Å². The lowest BCUT2D eigenvalue weighted by molar-refractivity contribution is 0.584. The first-order chi connectivity index (χ1) is 3.22. The van der Waals surface area contributed by atoms with E-state index >= 15 is 0 Å².